The fourth-order valence-electron chi connectivity index (χ4n) is 6.44. The third kappa shape index (κ3) is 9.69. The summed E-state index contributed by atoms with van der Waals surface area (Å²) >= 11 is 0. The number of carbonyl (C=O) groups is 1. The molecule has 1 amide bonds. The fraction of sp³-hybridized carbons (Fsp3) is 0.457. The third-order valence-corrected chi connectivity index (χ3v) is 9.56. The van der Waals surface area contributed by atoms with E-state index in [1.54, 1.807) is 0 Å². The van der Waals surface area contributed by atoms with Crippen molar-refractivity contribution in [3.8, 4) is 11.5 Å². The summed E-state index contributed by atoms with van der Waals surface area (Å²) in [7, 11) is -3.55. The normalized spacial score (nSPS) is 20.0. The lowest BCUT2D eigenvalue weighted by Gasteiger charge is -2.32. The van der Waals surface area contributed by atoms with E-state index < -0.39 is 16.1 Å². The SMILES string of the molecule is CS(=O)(=O)Nc1cc(OC[C@H](O)CNC2CCC(c3ccc(C(=O)N4CCC(Cc5ccccc5)CC4)cc3)CC2)ccc1O. The van der Waals surface area contributed by atoms with E-state index >= 15 is 0 Å². The van der Waals surface area contributed by atoms with E-state index in [4.69, 9.17) is 4.74 Å². The van der Waals surface area contributed by atoms with Crippen LogP contribution in [-0.2, 0) is 16.4 Å². The summed E-state index contributed by atoms with van der Waals surface area (Å²) in [5, 5.41) is 23.8. The fourth-order valence-corrected chi connectivity index (χ4v) is 7.00. The first-order valence-electron chi connectivity index (χ1n) is 15.9. The van der Waals surface area contributed by atoms with E-state index in [9.17, 15) is 23.4 Å². The molecule has 10 heteroatoms. The average molecular weight is 636 g/mol. The van der Waals surface area contributed by atoms with Gasteiger partial charge in [-0.1, -0.05) is 42.5 Å². The number of aliphatic hydroxyl groups excluding tert-OH is 1. The van der Waals surface area contributed by atoms with Crippen LogP contribution >= 0.6 is 0 Å². The number of phenolic OH excluding ortho intramolecular Hbond substituents is 1. The summed E-state index contributed by atoms with van der Waals surface area (Å²) in [5.74, 6) is 1.35. The summed E-state index contributed by atoms with van der Waals surface area (Å²) < 4.78 is 30.8. The molecule has 9 nitrogen and oxygen atoms in total. The molecule has 242 valence electrons. The number of nitrogens with one attached hydrogen (secondary N) is 2. The number of hydrogen-bond donors (Lipinski definition) is 4. The first kappa shape index (κ1) is 32.8. The maximum Gasteiger partial charge on any atom is 0.253 e. The highest BCUT2D eigenvalue weighted by molar-refractivity contribution is 7.92. The van der Waals surface area contributed by atoms with E-state index in [0.29, 0.717) is 30.2 Å². The van der Waals surface area contributed by atoms with Crippen LogP contribution in [0.1, 0.15) is 65.9 Å². The molecule has 2 fully saturated rings. The summed E-state index contributed by atoms with van der Waals surface area (Å²) in [6.45, 7) is 2.04. The van der Waals surface area contributed by atoms with Crippen molar-refractivity contribution in [3.05, 3.63) is 89.5 Å². The van der Waals surface area contributed by atoms with Crippen LogP contribution in [0.25, 0.3) is 0 Å². The lowest BCUT2D eigenvalue weighted by atomic mass is 9.81. The zero-order chi connectivity index (χ0) is 31.8. The molecule has 1 saturated carbocycles. The summed E-state index contributed by atoms with van der Waals surface area (Å²) in [6.07, 6.45) is 7.49. The number of aliphatic hydroxyl groups is 1. The number of sulfonamides is 1. The Morgan fingerprint density at radius 1 is 0.956 bits per heavy atom. The minimum atomic E-state index is -3.55. The Morgan fingerprint density at radius 2 is 1.64 bits per heavy atom. The second-order valence-electron chi connectivity index (χ2n) is 12.5. The van der Waals surface area contributed by atoms with Crippen molar-refractivity contribution >= 4 is 21.6 Å². The number of nitrogens with zero attached hydrogens (tertiary/aromatic N) is 1. The Kier molecular flexibility index (Phi) is 11.0. The molecule has 1 atom stereocenters. The second-order valence-corrected chi connectivity index (χ2v) is 14.3. The Labute approximate surface area is 266 Å². The van der Waals surface area contributed by atoms with Crippen LogP contribution in [0.3, 0.4) is 0 Å². The molecular formula is C35H45N3O6S. The minimum Gasteiger partial charge on any atom is -0.506 e. The van der Waals surface area contributed by atoms with E-state index in [1.165, 1.54) is 29.3 Å². The van der Waals surface area contributed by atoms with Crippen molar-refractivity contribution in [2.24, 2.45) is 5.92 Å². The molecule has 1 aliphatic heterocycles. The highest BCUT2D eigenvalue weighted by Crippen LogP contribution is 2.33. The van der Waals surface area contributed by atoms with E-state index in [-0.39, 0.29) is 24.0 Å². The predicted molar refractivity (Wildman–Crippen MR) is 176 cm³/mol. The molecule has 0 radical (unpaired) electrons. The van der Waals surface area contributed by atoms with Crippen LogP contribution in [0.4, 0.5) is 5.69 Å². The van der Waals surface area contributed by atoms with Crippen molar-refractivity contribution in [2.75, 3.05) is 37.2 Å². The van der Waals surface area contributed by atoms with E-state index in [0.717, 1.165) is 69.9 Å². The van der Waals surface area contributed by atoms with Gasteiger partial charge in [-0.05, 0) is 92.2 Å². The van der Waals surface area contributed by atoms with Gasteiger partial charge in [0, 0.05) is 37.3 Å². The maximum atomic E-state index is 13.2. The number of rotatable bonds is 12. The monoisotopic (exact) mass is 635 g/mol. The lowest BCUT2D eigenvalue weighted by molar-refractivity contribution is 0.0690. The number of amides is 1. The number of aromatic hydroxyl groups is 1. The van der Waals surface area contributed by atoms with E-state index in [1.807, 2.05) is 17.0 Å². The molecule has 1 saturated heterocycles. The zero-order valence-corrected chi connectivity index (χ0v) is 26.7. The summed E-state index contributed by atoms with van der Waals surface area (Å²) in [4.78, 5) is 15.2. The highest BCUT2D eigenvalue weighted by atomic mass is 32.2. The van der Waals surface area contributed by atoms with Gasteiger partial charge in [0.25, 0.3) is 5.91 Å². The number of anilines is 1. The van der Waals surface area contributed by atoms with Gasteiger partial charge in [-0.25, -0.2) is 8.42 Å². The number of likely N-dealkylation sites (tertiary alicyclic amines) is 1. The van der Waals surface area contributed by atoms with Crippen LogP contribution < -0.4 is 14.8 Å². The van der Waals surface area contributed by atoms with Crippen molar-refractivity contribution in [1.82, 2.24) is 10.2 Å². The molecule has 1 aliphatic carbocycles. The largest absolute Gasteiger partial charge is 0.506 e. The second kappa shape index (κ2) is 15.1. The van der Waals surface area contributed by atoms with Gasteiger partial charge in [-0.3, -0.25) is 9.52 Å². The first-order chi connectivity index (χ1) is 21.6. The molecule has 0 unspecified atom stereocenters. The molecule has 3 aromatic carbocycles. The summed E-state index contributed by atoms with van der Waals surface area (Å²) in [6, 6.07) is 23.4. The van der Waals surface area contributed by atoms with Crippen LogP contribution in [-0.4, -0.2) is 74.1 Å². The van der Waals surface area contributed by atoms with Crippen LogP contribution in [0.5, 0.6) is 11.5 Å². The van der Waals surface area contributed by atoms with Gasteiger partial charge in [0.1, 0.15) is 24.2 Å². The Balaban J connectivity index is 1.01. The van der Waals surface area contributed by atoms with Crippen molar-refractivity contribution in [2.45, 2.75) is 63.0 Å². The zero-order valence-electron chi connectivity index (χ0n) is 25.9. The number of ether oxygens (including phenoxy) is 1. The molecule has 0 bridgehead atoms. The van der Waals surface area contributed by atoms with Gasteiger partial charge in [0.2, 0.25) is 10.0 Å². The minimum absolute atomic E-state index is 0.0236. The van der Waals surface area contributed by atoms with Gasteiger partial charge in [0.05, 0.1) is 11.9 Å². The molecule has 45 heavy (non-hydrogen) atoms. The number of benzene rings is 3. The van der Waals surface area contributed by atoms with Gasteiger partial charge < -0.3 is 25.2 Å². The van der Waals surface area contributed by atoms with Gasteiger partial charge in [-0.15, -0.1) is 0 Å². The number of phenols is 1. The first-order valence-corrected chi connectivity index (χ1v) is 17.8. The quantitative estimate of drug-likeness (QED) is 0.208. The van der Waals surface area contributed by atoms with Crippen LogP contribution in [0, 0.1) is 5.92 Å². The standard InChI is InChI=1S/C35H45N3O6S/c1-45(42,43)37-33-22-32(15-16-34(33)40)44-24-31(39)23-36-30-13-11-28(12-14-30)27-7-9-29(10-8-27)35(41)38-19-17-26(18-20-38)21-25-5-3-2-4-6-25/h2-10,15-16,22,26,28,30-31,36-37,39-40H,11-14,17-21,23-24H2,1H3/t28?,30?,31-/m1/s1. The Hall–Kier alpha value is -3.60. The molecule has 1 heterocycles. The number of hydrogen-bond acceptors (Lipinski definition) is 7. The van der Waals surface area contributed by atoms with E-state index in [2.05, 4.69) is 52.5 Å². The Bertz CT molecular complexity index is 1500. The van der Waals surface area contributed by atoms with Crippen LogP contribution in [0.2, 0.25) is 0 Å². The molecular weight excluding hydrogens is 590 g/mol. The molecule has 5 rings (SSSR count). The lowest BCUT2D eigenvalue weighted by Crippen LogP contribution is -2.39. The van der Waals surface area contributed by atoms with Gasteiger partial charge in [0.15, 0.2) is 0 Å². The molecule has 3 aromatic rings. The molecule has 0 aromatic heterocycles. The maximum absolute atomic E-state index is 13.2. The predicted octanol–water partition coefficient (Wildman–Crippen LogP) is 4.91. The average Bonchev–Trinajstić information content (AvgIpc) is 3.04. The van der Waals surface area contributed by atoms with Crippen molar-refractivity contribution < 1.29 is 28.2 Å². The van der Waals surface area contributed by atoms with Crippen molar-refractivity contribution in [3.63, 3.8) is 0 Å². The summed E-state index contributed by atoms with van der Waals surface area (Å²) in [5.41, 5.74) is 3.44. The van der Waals surface area contributed by atoms with Crippen LogP contribution in [0.15, 0.2) is 72.8 Å². The van der Waals surface area contributed by atoms with Gasteiger partial charge >= 0.3 is 0 Å². The van der Waals surface area contributed by atoms with Crippen molar-refractivity contribution in [1.29, 1.82) is 0 Å². The Morgan fingerprint density at radius 3 is 2.31 bits per heavy atom. The smallest absolute Gasteiger partial charge is 0.253 e. The molecule has 0 spiro atoms. The number of carbonyl (C=O) groups excluding carboxylic acids is 1. The third-order valence-electron chi connectivity index (χ3n) is 8.97. The molecule has 4 N–H and O–H groups in total. The highest BCUT2D eigenvalue weighted by Gasteiger charge is 2.26. The topological polar surface area (TPSA) is 128 Å². The number of piperidine rings is 1. The molecule has 2 aliphatic rings. The van der Waals surface area contributed by atoms with Gasteiger partial charge in [-0.2, -0.15) is 0 Å².